The van der Waals surface area contributed by atoms with Crippen LogP contribution in [0.2, 0.25) is 0 Å². The molecule has 360 valence electrons. The van der Waals surface area contributed by atoms with Crippen molar-refractivity contribution in [3.05, 3.63) is 242 Å². The Bertz CT molecular complexity index is 4560. The first kappa shape index (κ1) is 44.7. The highest BCUT2D eigenvalue weighted by Crippen LogP contribution is 2.44. The summed E-state index contributed by atoms with van der Waals surface area (Å²) >= 11 is 0. The zero-order valence-corrected chi connectivity index (χ0v) is 43.2. The summed E-state index contributed by atoms with van der Waals surface area (Å²) in [4.78, 5) is 5.74. The molecular formula is C71H56N4. The SMILES string of the molecule is CC(C)(C)c1ccc(-c2nc3c4ccc(-c5ccc6c(c5)c5ccccc5n6-c5ccccc5)cc4c4cc(-c5ccc6c(c5)c5ccccc5n6-c5ccccc5)ccc4c3n2-c2ccc(C(C)(C)C)cc2)cc1. The molecule has 0 aliphatic carbocycles. The lowest BCUT2D eigenvalue weighted by atomic mass is 9.86. The third kappa shape index (κ3) is 7.22. The van der Waals surface area contributed by atoms with Crippen LogP contribution in [0.5, 0.6) is 0 Å². The molecule has 0 radical (unpaired) electrons. The monoisotopic (exact) mass is 964 g/mol. The fourth-order valence-electron chi connectivity index (χ4n) is 11.9. The second-order valence-electron chi connectivity index (χ2n) is 22.5. The maximum atomic E-state index is 5.74. The van der Waals surface area contributed by atoms with E-state index >= 15 is 0 Å². The van der Waals surface area contributed by atoms with Crippen molar-refractivity contribution < 1.29 is 0 Å². The molecule has 4 heteroatoms. The first-order valence-corrected chi connectivity index (χ1v) is 26.3. The molecule has 4 nitrogen and oxygen atoms in total. The Hall–Kier alpha value is -8.99. The van der Waals surface area contributed by atoms with Crippen molar-refractivity contribution in [2.24, 2.45) is 0 Å². The molecule has 0 fully saturated rings. The Kier molecular flexibility index (Phi) is 10.00. The molecule has 75 heavy (non-hydrogen) atoms. The van der Waals surface area contributed by atoms with E-state index in [1.165, 1.54) is 82.2 Å². The number of hydrogen-bond donors (Lipinski definition) is 0. The smallest absolute Gasteiger partial charge is 0.145 e. The van der Waals surface area contributed by atoms with Crippen LogP contribution < -0.4 is 0 Å². The van der Waals surface area contributed by atoms with E-state index in [-0.39, 0.29) is 10.8 Å². The summed E-state index contributed by atoms with van der Waals surface area (Å²) in [5.74, 6) is 0.927. The van der Waals surface area contributed by atoms with Crippen molar-refractivity contribution in [3.63, 3.8) is 0 Å². The number of para-hydroxylation sites is 4. The first-order valence-electron chi connectivity index (χ1n) is 26.3. The number of rotatable bonds is 6. The minimum absolute atomic E-state index is 0.0150. The van der Waals surface area contributed by atoms with Crippen LogP contribution in [-0.4, -0.2) is 18.7 Å². The fourth-order valence-corrected chi connectivity index (χ4v) is 11.9. The standard InChI is InChI=1S/C71H56N4/c1-70(2,3)50-31-25-45(26-32-50)69-72-67-57-37-27-46(48-29-39-65-61(43-48)55-21-13-15-23-63(55)73(65)52-17-9-7-10-18-52)41-59(57)60-42-47(28-38-58(60)68(67)75(69)54-35-33-51(34-36-54)71(4,5)6)49-30-40-66-62(44-49)56-22-14-16-24-64(56)74(66)53-19-11-8-12-20-53/h7-44H,1-6H3. The highest BCUT2D eigenvalue weighted by Gasteiger charge is 2.24. The van der Waals surface area contributed by atoms with E-state index in [4.69, 9.17) is 4.98 Å². The summed E-state index contributed by atoms with van der Waals surface area (Å²) < 4.78 is 7.20. The van der Waals surface area contributed by atoms with Crippen molar-refractivity contribution in [2.45, 2.75) is 52.4 Å². The number of aromatic nitrogens is 4. The predicted octanol–water partition coefficient (Wildman–Crippen LogP) is 19.1. The molecule has 0 saturated heterocycles. The van der Waals surface area contributed by atoms with E-state index in [9.17, 15) is 0 Å². The van der Waals surface area contributed by atoms with Crippen molar-refractivity contribution >= 4 is 76.2 Å². The molecule has 0 atom stereocenters. The Balaban J connectivity index is 1.04. The van der Waals surface area contributed by atoms with Gasteiger partial charge < -0.3 is 9.13 Å². The fraction of sp³-hybridized carbons (Fsp3) is 0.113. The maximum absolute atomic E-state index is 5.74. The largest absolute Gasteiger partial charge is 0.309 e. The summed E-state index contributed by atoms with van der Waals surface area (Å²) in [6.45, 7) is 13.7. The third-order valence-electron chi connectivity index (χ3n) is 15.8. The number of benzene rings is 11. The first-order chi connectivity index (χ1) is 36.5. The third-order valence-corrected chi connectivity index (χ3v) is 15.8. The highest BCUT2D eigenvalue weighted by molar-refractivity contribution is 6.25. The quantitative estimate of drug-likeness (QED) is 0.153. The second kappa shape index (κ2) is 16.8. The van der Waals surface area contributed by atoms with Crippen LogP contribution >= 0.6 is 0 Å². The molecule has 14 rings (SSSR count). The van der Waals surface area contributed by atoms with Crippen LogP contribution in [0.3, 0.4) is 0 Å². The molecule has 3 aromatic heterocycles. The lowest BCUT2D eigenvalue weighted by Crippen LogP contribution is -2.11. The number of hydrogen-bond acceptors (Lipinski definition) is 1. The van der Waals surface area contributed by atoms with Gasteiger partial charge in [-0.1, -0.05) is 187 Å². The average molecular weight is 965 g/mol. The van der Waals surface area contributed by atoms with Crippen LogP contribution in [0.25, 0.3) is 127 Å². The summed E-state index contributed by atoms with van der Waals surface area (Å²) in [5, 5.41) is 9.59. The van der Waals surface area contributed by atoms with Gasteiger partial charge in [0.1, 0.15) is 5.82 Å². The van der Waals surface area contributed by atoms with Crippen LogP contribution in [-0.2, 0) is 10.8 Å². The normalized spacial score (nSPS) is 12.4. The average Bonchev–Trinajstić information content (AvgIpc) is 4.13. The van der Waals surface area contributed by atoms with Gasteiger partial charge in [-0.3, -0.25) is 4.57 Å². The molecular weight excluding hydrogens is 909 g/mol. The molecule has 0 spiro atoms. The Morgan fingerprint density at radius 2 is 0.653 bits per heavy atom. The molecule has 0 aliphatic rings. The second-order valence-corrected chi connectivity index (χ2v) is 22.5. The lowest BCUT2D eigenvalue weighted by Gasteiger charge is -2.20. The zero-order chi connectivity index (χ0) is 50.7. The number of nitrogens with zero attached hydrogens (tertiary/aromatic N) is 4. The molecule has 0 bridgehead atoms. The van der Waals surface area contributed by atoms with Gasteiger partial charge in [-0.15, -0.1) is 0 Å². The van der Waals surface area contributed by atoms with Crippen LogP contribution in [0.4, 0.5) is 0 Å². The van der Waals surface area contributed by atoms with Gasteiger partial charge in [0.2, 0.25) is 0 Å². The van der Waals surface area contributed by atoms with Gasteiger partial charge in [0.15, 0.2) is 0 Å². The summed E-state index contributed by atoms with van der Waals surface area (Å²) in [6, 6.07) is 85.4. The predicted molar refractivity (Wildman–Crippen MR) is 318 cm³/mol. The summed E-state index contributed by atoms with van der Waals surface area (Å²) in [5.41, 5.74) is 18.7. The molecule has 0 aliphatic heterocycles. The number of imidazole rings is 1. The van der Waals surface area contributed by atoms with Gasteiger partial charge >= 0.3 is 0 Å². The minimum Gasteiger partial charge on any atom is -0.309 e. The van der Waals surface area contributed by atoms with Crippen LogP contribution in [0.1, 0.15) is 52.7 Å². The van der Waals surface area contributed by atoms with E-state index in [1.54, 1.807) is 0 Å². The highest BCUT2D eigenvalue weighted by atomic mass is 15.1. The topological polar surface area (TPSA) is 27.7 Å². The molecule has 14 aromatic rings. The maximum Gasteiger partial charge on any atom is 0.145 e. The Morgan fingerprint density at radius 3 is 1.15 bits per heavy atom. The van der Waals surface area contributed by atoms with Crippen molar-refractivity contribution in [3.8, 4) is 50.7 Å². The molecule has 3 heterocycles. The van der Waals surface area contributed by atoms with Crippen molar-refractivity contribution in [1.82, 2.24) is 18.7 Å². The van der Waals surface area contributed by atoms with Gasteiger partial charge in [-0.05, 0) is 140 Å². The van der Waals surface area contributed by atoms with E-state index in [1.807, 2.05) is 0 Å². The minimum atomic E-state index is 0.0150. The molecule has 11 aromatic carbocycles. The van der Waals surface area contributed by atoms with Crippen molar-refractivity contribution in [2.75, 3.05) is 0 Å². The number of fused-ring (bicyclic) bond motifs is 12. The molecule has 0 amide bonds. The summed E-state index contributed by atoms with van der Waals surface area (Å²) in [6.07, 6.45) is 0. The van der Waals surface area contributed by atoms with Gasteiger partial charge in [-0.25, -0.2) is 4.98 Å². The summed E-state index contributed by atoms with van der Waals surface area (Å²) in [7, 11) is 0. The van der Waals surface area contributed by atoms with E-state index in [0.717, 1.165) is 55.8 Å². The van der Waals surface area contributed by atoms with Crippen molar-refractivity contribution in [1.29, 1.82) is 0 Å². The van der Waals surface area contributed by atoms with Crippen LogP contribution in [0.15, 0.2) is 231 Å². The van der Waals surface area contributed by atoms with Gasteiger partial charge in [-0.2, -0.15) is 0 Å². The zero-order valence-electron chi connectivity index (χ0n) is 43.2. The molecule has 0 unspecified atom stereocenters. The molecule has 0 N–H and O–H groups in total. The van der Waals surface area contributed by atoms with Gasteiger partial charge in [0.05, 0.1) is 33.1 Å². The van der Waals surface area contributed by atoms with E-state index in [2.05, 4.69) is 286 Å². The Morgan fingerprint density at radius 1 is 0.280 bits per heavy atom. The molecule has 0 saturated carbocycles. The Labute approximate surface area is 437 Å². The lowest BCUT2D eigenvalue weighted by molar-refractivity contribution is 0.590. The van der Waals surface area contributed by atoms with Gasteiger partial charge in [0.25, 0.3) is 0 Å². The van der Waals surface area contributed by atoms with E-state index < -0.39 is 0 Å². The van der Waals surface area contributed by atoms with E-state index in [0.29, 0.717) is 0 Å². The van der Waals surface area contributed by atoms with Gasteiger partial charge in [0, 0.05) is 54.9 Å². The van der Waals surface area contributed by atoms with Crippen LogP contribution in [0, 0.1) is 0 Å².